The highest BCUT2D eigenvalue weighted by Crippen LogP contribution is 2.32. The van der Waals surface area contributed by atoms with Crippen LogP contribution in [-0.2, 0) is 6.37 Å². The molecule has 3 nitrogen and oxygen atoms in total. The third-order valence-corrected chi connectivity index (χ3v) is 3.91. The molecule has 1 unspecified atom stereocenters. The fraction of sp³-hybridized carbons (Fsp3) is 0.429. The molecule has 27 heavy (non-hydrogen) atoms. The molecule has 1 saturated heterocycles. The van der Waals surface area contributed by atoms with Crippen molar-refractivity contribution in [2.75, 3.05) is 13.0 Å². The molecule has 0 radical (unpaired) electrons. The Morgan fingerprint density at radius 3 is 3.00 bits per heavy atom. The van der Waals surface area contributed by atoms with Crippen LogP contribution in [-0.4, -0.2) is 34.5 Å². The van der Waals surface area contributed by atoms with E-state index in [2.05, 4.69) is 4.98 Å². The summed E-state index contributed by atoms with van der Waals surface area (Å²) in [4.78, 5) is 16.8. The quantitative estimate of drug-likeness (QED) is 0.689. The lowest BCUT2D eigenvalue weighted by Crippen LogP contribution is -2.44. The number of carbonyl (C=O) groups excluding carboxylic acids is 1. The number of nitrogens with zero attached hydrogens (tertiary/aromatic N) is 2. The van der Waals surface area contributed by atoms with Crippen molar-refractivity contribution in [3.05, 3.63) is 64.2 Å². The topological polar surface area (TPSA) is 33.2 Å². The summed E-state index contributed by atoms with van der Waals surface area (Å²) in [5.74, 6) is -2.31. The van der Waals surface area contributed by atoms with E-state index < -0.39 is 85.5 Å². The first-order chi connectivity index (χ1) is 17.8. The Bertz CT molecular complexity index is 1300. The van der Waals surface area contributed by atoms with Crippen LogP contribution in [0.2, 0.25) is 5.02 Å². The second kappa shape index (κ2) is 8.34. The predicted molar refractivity (Wildman–Crippen MR) is 102 cm³/mol. The maximum atomic E-state index is 16.8. The monoisotopic (exact) mass is 405 g/mol. The number of alkyl halides is 1. The maximum absolute atomic E-state index is 16.8. The second-order valence-corrected chi connectivity index (χ2v) is 5.96. The smallest absolute Gasteiger partial charge is 0.253 e. The molecule has 1 aromatic heterocycles. The number of rotatable bonds is 5. The number of likely N-dealkylation sites (tertiary alicyclic amines) is 1. The molecule has 144 valence electrons. The molecule has 2 heterocycles. The van der Waals surface area contributed by atoms with Crippen LogP contribution in [0.3, 0.4) is 0 Å². The molecule has 1 aliphatic heterocycles. The van der Waals surface area contributed by atoms with E-state index in [9.17, 15) is 9.18 Å². The third-order valence-electron chi connectivity index (χ3n) is 3.62. The highest BCUT2D eigenvalue weighted by Gasteiger charge is 2.35. The van der Waals surface area contributed by atoms with Crippen LogP contribution >= 0.6 is 11.6 Å². The average Bonchev–Trinajstić information content (AvgIpc) is 2.81. The normalized spacial score (nSPS) is 34.2. The van der Waals surface area contributed by atoms with Gasteiger partial charge in [0.25, 0.3) is 5.91 Å². The van der Waals surface area contributed by atoms with Crippen LogP contribution < -0.4 is 0 Å². The summed E-state index contributed by atoms with van der Waals surface area (Å²) < 4.78 is 136. The molecule has 0 spiro atoms. The van der Waals surface area contributed by atoms with E-state index in [4.69, 9.17) is 29.4 Å². The van der Waals surface area contributed by atoms with Gasteiger partial charge in [0.05, 0.1) is 5.02 Å². The first-order valence-corrected chi connectivity index (χ1v) is 8.14. The van der Waals surface area contributed by atoms with Gasteiger partial charge >= 0.3 is 0 Å². The minimum absolute atomic E-state index is 0.0220. The van der Waals surface area contributed by atoms with Crippen LogP contribution in [0.25, 0.3) is 0 Å². The fourth-order valence-electron chi connectivity index (χ4n) is 2.19. The molecule has 1 aliphatic rings. The summed E-state index contributed by atoms with van der Waals surface area (Å²) >= 11 is 5.66. The van der Waals surface area contributed by atoms with Gasteiger partial charge in [-0.05, 0) is 68.6 Å². The first kappa shape index (κ1) is 8.99. The van der Waals surface area contributed by atoms with E-state index in [1.807, 2.05) is 0 Å². The van der Waals surface area contributed by atoms with Crippen LogP contribution in [0, 0.1) is 12.7 Å². The van der Waals surface area contributed by atoms with Gasteiger partial charge in [-0.25, -0.2) is 8.78 Å². The van der Waals surface area contributed by atoms with Crippen LogP contribution in [0.1, 0.15) is 65.0 Å². The number of benzene rings is 1. The van der Waals surface area contributed by atoms with E-state index in [0.717, 1.165) is 36.5 Å². The Kier molecular flexibility index (Phi) is 2.78. The summed E-state index contributed by atoms with van der Waals surface area (Å²) in [6, 6.07) is 4.34. The van der Waals surface area contributed by atoms with Crippen molar-refractivity contribution in [3.8, 4) is 0 Å². The fourth-order valence-corrected chi connectivity index (χ4v) is 2.37. The lowest BCUT2D eigenvalue weighted by molar-refractivity contribution is 0.0389. The van der Waals surface area contributed by atoms with E-state index in [1.54, 1.807) is 0 Å². The number of hydrogen-bond donors (Lipinski definition) is 0. The minimum Gasteiger partial charge on any atom is -0.338 e. The minimum atomic E-state index is -4.39. The van der Waals surface area contributed by atoms with Crippen molar-refractivity contribution in [1.82, 2.24) is 9.88 Å². The van der Waals surface area contributed by atoms with E-state index in [-0.39, 0.29) is 10.5 Å². The lowest BCUT2D eigenvalue weighted by Gasteiger charge is -2.36. The Morgan fingerprint density at radius 1 is 1.44 bits per heavy atom. The van der Waals surface area contributed by atoms with Crippen molar-refractivity contribution < 1.29 is 31.4 Å². The molecule has 1 amide bonds. The summed E-state index contributed by atoms with van der Waals surface area (Å²) in [6.07, 6.45) is -15.2. The third kappa shape index (κ3) is 5.04. The number of piperidine rings is 1. The number of aromatic nitrogens is 1. The number of hydrogen-bond acceptors (Lipinski definition) is 2. The highest BCUT2D eigenvalue weighted by atomic mass is 35.5. The van der Waals surface area contributed by atoms with Crippen LogP contribution in [0.5, 0.6) is 0 Å². The first-order valence-electron chi connectivity index (χ1n) is 14.3. The van der Waals surface area contributed by atoms with Crippen molar-refractivity contribution >= 4 is 17.5 Å². The summed E-state index contributed by atoms with van der Waals surface area (Å²) in [7, 11) is 0. The van der Waals surface area contributed by atoms with Crippen molar-refractivity contribution in [1.29, 1.82) is 0 Å². The predicted octanol–water partition coefficient (Wildman–Crippen LogP) is 5.15. The standard InChI is InChI=1S/C21H23ClF2N2O/c1-15-4-6-17(25-14-15)3-2-8-21(24)9-11-26(12-10-21)20(27)16-5-7-19(23)18(22)13-16/h4-7,13-14H,2-3,8-12H2,1H3/i1D3,3D2,8D2,9D2,10D2,11D2. The molecule has 0 bridgehead atoms. The Labute approximate surface area is 181 Å². The lowest BCUT2D eigenvalue weighted by atomic mass is 9.87. The van der Waals surface area contributed by atoms with E-state index in [0.29, 0.717) is 0 Å². The van der Waals surface area contributed by atoms with E-state index in [1.165, 1.54) is 0 Å². The van der Waals surface area contributed by atoms with Crippen LogP contribution in [0.4, 0.5) is 8.78 Å². The number of pyridine rings is 1. The van der Waals surface area contributed by atoms with Gasteiger partial charge in [-0.3, -0.25) is 9.78 Å². The Balaban J connectivity index is 2.05. The van der Waals surface area contributed by atoms with Gasteiger partial charge < -0.3 is 4.90 Å². The molecule has 3 rings (SSSR count). The van der Waals surface area contributed by atoms with Gasteiger partial charge in [0.15, 0.2) is 0 Å². The SMILES string of the molecule is [2H]C([2H])([2H])c1ccc(C([2H])([2H])CC([2H])([2H])C2(F)C([2H])([2H])CN(C(=O)c3ccc(F)c(Cl)c3)C([2H])([2H])C2([2H])[2H])nc1. The molecular formula is C21H23ClF2N2O. The van der Waals surface area contributed by atoms with Gasteiger partial charge in [0, 0.05) is 48.3 Å². The average molecular weight is 406 g/mol. The number of aryl methyl sites for hydroxylation is 2. The molecule has 1 atom stereocenters. The zero-order chi connectivity index (χ0) is 30.9. The van der Waals surface area contributed by atoms with Crippen molar-refractivity contribution in [3.63, 3.8) is 0 Å². The zero-order valence-electron chi connectivity index (χ0n) is 26.8. The number of halogens is 3. The summed E-state index contributed by atoms with van der Waals surface area (Å²) in [6.45, 7) is -7.79. The van der Waals surface area contributed by atoms with Gasteiger partial charge in [-0.15, -0.1) is 0 Å². The molecule has 2 aromatic rings. The van der Waals surface area contributed by atoms with Crippen LogP contribution in [0.15, 0.2) is 36.5 Å². The molecule has 6 heteroatoms. The highest BCUT2D eigenvalue weighted by molar-refractivity contribution is 6.31. The van der Waals surface area contributed by atoms with Gasteiger partial charge in [-0.2, -0.15) is 0 Å². The molecule has 0 N–H and O–H groups in total. The molecular weight excluding hydrogens is 370 g/mol. The molecule has 0 saturated carbocycles. The largest absolute Gasteiger partial charge is 0.338 e. The molecule has 1 fully saturated rings. The molecule has 1 aromatic carbocycles. The maximum Gasteiger partial charge on any atom is 0.253 e. The zero-order valence-corrected chi connectivity index (χ0v) is 14.6. The number of carbonyl (C=O) groups is 1. The van der Waals surface area contributed by atoms with Gasteiger partial charge in [-0.1, -0.05) is 17.7 Å². The van der Waals surface area contributed by atoms with Gasteiger partial charge in [0.2, 0.25) is 0 Å². The van der Waals surface area contributed by atoms with Gasteiger partial charge in [0.1, 0.15) is 11.5 Å². The number of amides is 1. The van der Waals surface area contributed by atoms with E-state index >= 15 is 4.39 Å². The van der Waals surface area contributed by atoms with Crippen molar-refractivity contribution in [2.24, 2.45) is 0 Å². The molecule has 0 aliphatic carbocycles. The van der Waals surface area contributed by atoms with Crippen molar-refractivity contribution in [2.45, 2.75) is 44.4 Å². The summed E-state index contributed by atoms with van der Waals surface area (Å²) in [5, 5.41) is -0.548. The Hall–Kier alpha value is -2.01. The Morgan fingerprint density at radius 2 is 2.30 bits per heavy atom. The summed E-state index contributed by atoms with van der Waals surface area (Å²) in [5.41, 5.74) is -5.69. The second-order valence-electron chi connectivity index (χ2n) is 5.55.